The number of aryl methyl sites for hydroxylation is 1. The van der Waals surface area contributed by atoms with Crippen LogP contribution in [0.3, 0.4) is 0 Å². The van der Waals surface area contributed by atoms with Gasteiger partial charge in [0.15, 0.2) is 5.11 Å². The number of rotatable bonds is 4. The molecule has 1 rings (SSSR count). The molecule has 2 amide bonds. The standard InChI is InChI=1S/C13H18N4O3S/c1-9-3-5-10(6-4-9)15-11(18)12(19)16-17-13(21)14-7-8-20-2/h3-6H,7-8H2,1-2H3,(H,15,18)(H,16,19)(H2,14,17,21). The van der Waals surface area contributed by atoms with Crippen molar-refractivity contribution in [2.45, 2.75) is 6.92 Å². The Kier molecular flexibility index (Phi) is 7.13. The Morgan fingerprint density at radius 2 is 1.81 bits per heavy atom. The van der Waals surface area contributed by atoms with Crippen molar-refractivity contribution in [1.29, 1.82) is 0 Å². The molecule has 8 heteroatoms. The molecular formula is C13H18N4O3S. The number of hydrogen-bond donors (Lipinski definition) is 4. The van der Waals surface area contributed by atoms with Gasteiger partial charge in [0.05, 0.1) is 6.61 Å². The Balaban J connectivity index is 2.32. The number of hydrogen-bond acceptors (Lipinski definition) is 4. The third-order valence-electron chi connectivity index (χ3n) is 2.40. The Labute approximate surface area is 128 Å². The summed E-state index contributed by atoms with van der Waals surface area (Å²) in [6.45, 7) is 2.90. The number of carbonyl (C=O) groups is 2. The second-order valence-corrected chi connectivity index (χ2v) is 4.56. The molecule has 0 unspecified atom stereocenters. The van der Waals surface area contributed by atoms with Crippen LogP contribution in [0.4, 0.5) is 5.69 Å². The minimum absolute atomic E-state index is 0.198. The second kappa shape index (κ2) is 8.88. The van der Waals surface area contributed by atoms with E-state index >= 15 is 0 Å². The summed E-state index contributed by atoms with van der Waals surface area (Å²) in [5, 5.41) is 5.45. The van der Waals surface area contributed by atoms with Crippen LogP contribution in [-0.4, -0.2) is 37.2 Å². The summed E-state index contributed by atoms with van der Waals surface area (Å²) in [6.07, 6.45) is 0. The van der Waals surface area contributed by atoms with E-state index in [1.165, 1.54) is 0 Å². The maximum absolute atomic E-state index is 11.6. The van der Waals surface area contributed by atoms with Crippen LogP contribution in [0.15, 0.2) is 24.3 Å². The SMILES string of the molecule is COCCNC(=S)NNC(=O)C(=O)Nc1ccc(C)cc1. The van der Waals surface area contributed by atoms with E-state index in [1.807, 2.05) is 19.1 Å². The van der Waals surface area contributed by atoms with Gasteiger partial charge in [-0.1, -0.05) is 17.7 Å². The fraction of sp³-hybridized carbons (Fsp3) is 0.308. The first-order chi connectivity index (χ1) is 10.0. The van der Waals surface area contributed by atoms with Crippen molar-refractivity contribution < 1.29 is 14.3 Å². The number of thiocarbonyl (C=S) groups is 1. The fourth-order valence-corrected chi connectivity index (χ4v) is 1.46. The van der Waals surface area contributed by atoms with Crippen LogP contribution >= 0.6 is 12.2 Å². The molecule has 0 bridgehead atoms. The van der Waals surface area contributed by atoms with E-state index in [1.54, 1.807) is 19.2 Å². The zero-order valence-corrected chi connectivity index (χ0v) is 12.7. The van der Waals surface area contributed by atoms with Crippen LogP contribution in [-0.2, 0) is 14.3 Å². The van der Waals surface area contributed by atoms with Crippen LogP contribution in [0, 0.1) is 6.92 Å². The number of benzene rings is 1. The first-order valence-corrected chi connectivity index (χ1v) is 6.64. The molecule has 0 heterocycles. The molecule has 0 aliphatic heterocycles. The lowest BCUT2D eigenvalue weighted by Crippen LogP contribution is -2.50. The summed E-state index contributed by atoms with van der Waals surface area (Å²) >= 11 is 4.89. The van der Waals surface area contributed by atoms with Crippen LogP contribution in [0.2, 0.25) is 0 Å². The Hall–Kier alpha value is -2.19. The van der Waals surface area contributed by atoms with E-state index in [4.69, 9.17) is 17.0 Å². The maximum Gasteiger partial charge on any atom is 0.328 e. The summed E-state index contributed by atoms with van der Waals surface area (Å²) < 4.78 is 4.83. The van der Waals surface area contributed by atoms with E-state index in [2.05, 4.69) is 21.5 Å². The third kappa shape index (κ3) is 6.68. The molecule has 7 nitrogen and oxygen atoms in total. The van der Waals surface area contributed by atoms with Crippen molar-refractivity contribution in [2.75, 3.05) is 25.6 Å². The van der Waals surface area contributed by atoms with E-state index in [-0.39, 0.29) is 5.11 Å². The minimum atomic E-state index is -0.841. The molecule has 0 saturated heterocycles. The number of ether oxygens (including phenoxy) is 1. The molecule has 0 radical (unpaired) electrons. The third-order valence-corrected chi connectivity index (χ3v) is 2.64. The van der Waals surface area contributed by atoms with Gasteiger partial charge in [-0.15, -0.1) is 0 Å². The highest BCUT2D eigenvalue weighted by atomic mass is 32.1. The van der Waals surface area contributed by atoms with E-state index < -0.39 is 11.8 Å². The van der Waals surface area contributed by atoms with E-state index in [0.717, 1.165) is 5.56 Å². The normalized spacial score (nSPS) is 9.62. The summed E-state index contributed by atoms with van der Waals surface area (Å²) in [7, 11) is 1.56. The number of carbonyl (C=O) groups excluding carboxylic acids is 2. The molecule has 0 spiro atoms. The molecule has 1 aromatic rings. The highest BCUT2D eigenvalue weighted by Crippen LogP contribution is 2.07. The van der Waals surface area contributed by atoms with E-state index in [9.17, 15) is 9.59 Å². The van der Waals surface area contributed by atoms with Gasteiger partial charge < -0.3 is 15.4 Å². The van der Waals surface area contributed by atoms with Crippen molar-refractivity contribution >= 4 is 34.8 Å². The van der Waals surface area contributed by atoms with E-state index in [0.29, 0.717) is 18.8 Å². The average molecular weight is 310 g/mol. The quantitative estimate of drug-likeness (QED) is 0.272. The van der Waals surface area contributed by atoms with Gasteiger partial charge in [0.1, 0.15) is 0 Å². The van der Waals surface area contributed by atoms with Crippen molar-refractivity contribution in [3.05, 3.63) is 29.8 Å². The van der Waals surface area contributed by atoms with Crippen molar-refractivity contribution in [1.82, 2.24) is 16.2 Å². The number of hydrazine groups is 1. The van der Waals surface area contributed by atoms with Crippen LogP contribution in [0.1, 0.15) is 5.56 Å². The predicted molar refractivity (Wildman–Crippen MR) is 83.6 cm³/mol. The van der Waals surface area contributed by atoms with Gasteiger partial charge in [0, 0.05) is 19.3 Å². The Morgan fingerprint density at radius 1 is 1.14 bits per heavy atom. The number of amides is 2. The topological polar surface area (TPSA) is 91.5 Å². The smallest absolute Gasteiger partial charge is 0.328 e. The lowest BCUT2D eigenvalue weighted by Gasteiger charge is -2.11. The molecule has 0 aliphatic rings. The highest BCUT2D eigenvalue weighted by Gasteiger charge is 2.13. The van der Waals surface area contributed by atoms with Crippen molar-refractivity contribution in [3.63, 3.8) is 0 Å². The Bertz CT molecular complexity index is 505. The molecule has 1 aromatic carbocycles. The summed E-state index contributed by atoms with van der Waals surface area (Å²) in [5.74, 6) is -1.63. The number of nitrogens with one attached hydrogen (secondary N) is 4. The summed E-state index contributed by atoms with van der Waals surface area (Å²) in [6, 6.07) is 7.09. The molecule has 0 aliphatic carbocycles. The van der Waals surface area contributed by atoms with Crippen molar-refractivity contribution in [2.24, 2.45) is 0 Å². The van der Waals surface area contributed by atoms with Gasteiger partial charge in [0.25, 0.3) is 0 Å². The molecule has 0 aromatic heterocycles. The first kappa shape index (κ1) is 16.9. The largest absolute Gasteiger partial charge is 0.383 e. The number of anilines is 1. The average Bonchev–Trinajstić information content (AvgIpc) is 2.47. The molecule has 4 N–H and O–H groups in total. The van der Waals surface area contributed by atoms with Gasteiger partial charge in [-0.25, -0.2) is 0 Å². The zero-order valence-electron chi connectivity index (χ0n) is 11.9. The Morgan fingerprint density at radius 3 is 2.43 bits per heavy atom. The van der Waals surface area contributed by atoms with Crippen LogP contribution in [0.25, 0.3) is 0 Å². The lowest BCUT2D eigenvalue weighted by molar-refractivity contribution is -0.136. The molecular weight excluding hydrogens is 292 g/mol. The molecule has 114 valence electrons. The van der Waals surface area contributed by atoms with Gasteiger partial charge >= 0.3 is 11.8 Å². The molecule has 0 atom stereocenters. The van der Waals surface area contributed by atoms with Crippen LogP contribution in [0.5, 0.6) is 0 Å². The molecule has 21 heavy (non-hydrogen) atoms. The van der Waals surface area contributed by atoms with Crippen molar-refractivity contribution in [3.8, 4) is 0 Å². The van der Waals surface area contributed by atoms with Gasteiger partial charge in [0.2, 0.25) is 0 Å². The van der Waals surface area contributed by atoms with Gasteiger partial charge in [-0.05, 0) is 31.3 Å². The monoisotopic (exact) mass is 310 g/mol. The molecule has 0 fully saturated rings. The highest BCUT2D eigenvalue weighted by molar-refractivity contribution is 7.80. The van der Waals surface area contributed by atoms with Gasteiger partial charge in [-0.2, -0.15) is 0 Å². The molecule has 0 saturated carbocycles. The van der Waals surface area contributed by atoms with Crippen LogP contribution < -0.4 is 21.5 Å². The predicted octanol–water partition coefficient (Wildman–Crippen LogP) is 0.0752. The lowest BCUT2D eigenvalue weighted by atomic mass is 10.2. The van der Waals surface area contributed by atoms with Gasteiger partial charge in [-0.3, -0.25) is 20.4 Å². The summed E-state index contributed by atoms with van der Waals surface area (Å²) in [5.41, 5.74) is 6.22. The fourth-order valence-electron chi connectivity index (χ4n) is 1.31. The summed E-state index contributed by atoms with van der Waals surface area (Å²) in [4.78, 5) is 23.2. The number of methoxy groups -OCH3 is 1. The minimum Gasteiger partial charge on any atom is -0.383 e. The first-order valence-electron chi connectivity index (χ1n) is 6.23. The second-order valence-electron chi connectivity index (χ2n) is 4.15. The maximum atomic E-state index is 11.6. The zero-order chi connectivity index (χ0) is 15.7.